The molecule has 3 rings (SSSR count). The molecular formula is C20H18FN3O4. The van der Waals surface area contributed by atoms with Crippen molar-refractivity contribution in [2.75, 3.05) is 24.9 Å². The first-order valence-electron chi connectivity index (χ1n) is 8.26. The Bertz CT molecular complexity index is 942. The topological polar surface area (TPSA) is 81.7 Å². The number of pyridine rings is 1. The molecule has 7 nitrogen and oxygen atoms in total. The summed E-state index contributed by atoms with van der Waals surface area (Å²) in [7, 11) is 3.05. The first kappa shape index (κ1) is 19.0. The molecule has 2 aromatic carbocycles. The summed E-state index contributed by atoms with van der Waals surface area (Å²) in [6.07, 6.45) is 1.43. The van der Waals surface area contributed by atoms with E-state index in [1.54, 1.807) is 42.5 Å². The van der Waals surface area contributed by atoms with Gasteiger partial charge in [0.1, 0.15) is 23.1 Å². The summed E-state index contributed by atoms with van der Waals surface area (Å²) in [5.74, 6) is 1.30. The number of amides is 2. The Morgan fingerprint density at radius 1 is 0.893 bits per heavy atom. The third-order valence-electron chi connectivity index (χ3n) is 3.62. The van der Waals surface area contributed by atoms with Crippen LogP contribution in [0.15, 0.2) is 60.8 Å². The number of ether oxygens (including phenoxy) is 3. The quantitative estimate of drug-likeness (QED) is 0.646. The molecule has 0 aliphatic carbocycles. The van der Waals surface area contributed by atoms with Crippen molar-refractivity contribution in [1.82, 2.24) is 4.98 Å². The van der Waals surface area contributed by atoms with Crippen LogP contribution in [-0.2, 0) is 0 Å². The molecule has 2 N–H and O–H groups in total. The van der Waals surface area contributed by atoms with Crippen LogP contribution in [0.3, 0.4) is 0 Å². The van der Waals surface area contributed by atoms with E-state index in [1.807, 2.05) is 0 Å². The lowest BCUT2D eigenvalue weighted by molar-refractivity contribution is 0.262. The normalized spacial score (nSPS) is 10.1. The molecule has 0 unspecified atom stereocenters. The molecule has 0 aliphatic heterocycles. The lowest BCUT2D eigenvalue weighted by Crippen LogP contribution is -2.19. The summed E-state index contributed by atoms with van der Waals surface area (Å²) >= 11 is 0. The molecule has 2 amide bonds. The highest BCUT2D eigenvalue weighted by molar-refractivity contribution is 5.99. The van der Waals surface area contributed by atoms with E-state index in [1.165, 1.54) is 32.5 Å². The van der Waals surface area contributed by atoms with Crippen LogP contribution in [0.25, 0.3) is 0 Å². The Hall–Kier alpha value is -3.81. The Morgan fingerprint density at radius 3 is 2.21 bits per heavy atom. The summed E-state index contributed by atoms with van der Waals surface area (Å²) in [4.78, 5) is 16.3. The molecule has 3 aromatic rings. The zero-order valence-electron chi connectivity index (χ0n) is 15.2. The monoisotopic (exact) mass is 383 g/mol. The second kappa shape index (κ2) is 8.72. The summed E-state index contributed by atoms with van der Waals surface area (Å²) in [6.45, 7) is 0. The molecule has 0 saturated heterocycles. The predicted molar refractivity (Wildman–Crippen MR) is 103 cm³/mol. The number of carbonyl (C=O) groups is 1. The number of nitrogens with zero attached hydrogens (tertiary/aromatic N) is 1. The summed E-state index contributed by atoms with van der Waals surface area (Å²) in [5.41, 5.74) is 0.965. The van der Waals surface area contributed by atoms with Crippen molar-refractivity contribution < 1.29 is 23.4 Å². The fraction of sp³-hybridized carbons (Fsp3) is 0.100. The Balaban J connectivity index is 1.61. The van der Waals surface area contributed by atoms with Gasteiger partial charge in [0, 0.05) is 36.0 Å². The maximum absolute atomic E-state index is 13.2. The molecule has 0 fully saturated rings. The molecule has 0 bridgehead atoms. The molecular weight excluding hydrogens is 365 g/mol. The van der Waals surface area contributed by atoms with E-state index in [2.05, 4.69) is 15.6 Å². The Labute approximate surface area is 161 Å². The van der Waals surface area contributed by atoms with Gasteiger partial charge >= 0.3 is 6.03 Å². The molecule has 144 valence electrons. The van der Waals surface area contributed by atoms with Gasteiger partial charge in [-0.15, -0.1) is 0 Å². The first-order chi connectivity index (χ1) is 13.6. The standard InChI is InChI=1S/C20H18FN3O4/c1-26-17-9-15(10-18(11-17)27-2)24-20(25)23-14-6-7-19(22-12-14)28-16-5-3-4-13(21)8-16/h3-12H,1-2H3,(H2,23,24,25). The van der Waals surface area contributed by atoms with Crippen LogP contribution in [-0.4, -0.2) is 25.2 Å². The first-order valence-corrected chi connectivity index (χ1v) is 8.26. The van der Waals surface area contributed by atoms with Gasteiger partial charge in [0.15, 0.2) is 0 Å². The molecule has 0 saturated carbocycles. The lowest BCUT2D eigenvalue weighted by atomic mass is 10.3. The molecule has 1 heterocycles. The average Bonchev–Trinajstić information content (AvgIpc) is 2.69. The molecule has 0 atom stereocenters. The van der Waals surface area contributed by atoms with Crippen LogP contribution in [0.2, 0.25) is 0 Å². The van der Waals surface area contributed by atoms with Crippen LogP contribution >= 0.6 is 0 Å². The van der Waals surface area contributed by atoms with Crippen molar-refractivity contribution >= 4 is 17.4 Å². The number of urea groups is 1. The van der Waals surface area contributed by atoms with Gasteiger partial charge in [0.25, 0.3) is 0 Å². The van der Waals surface area contributed by atoms with Crippen LogP contribution < -0.4 is 24.8 Å². The zero-order chi connectivity index (χ0) is 19.9. The van der Waals surface area contributed by atoms with Gasteiger partial charge in [-0.3, -0.25) is 0 Å². The number of benzene rings is 2. The van der Waals surface area contributed by atoms with Crippen LogP contribution in [0.1, 0.15) is 0 Å². The van der Waals surface area contributed by atoms with Gasteiger partial charge in [0.05, 0.1) is 26.1 Å². The molecule has 0 spiro atoms. The second-order valence-corrected chi connectivity index (χ2v) is 5.63. The van der Waals surface area contributed by atoms with E-state index in [0.29, 0.717) is 28.6 Å². The number of nitrogens with one attached hydrogen (secondary N) is 2. The van der Waals surface area contributed by atoms with E-state index in [9.17, 15) is 9.18 Å². The number of carbonyl (C=O) groups excluding carboxylic acids is 1. The van der Waals surface area contributed by atoms with Crippen molar-refractivity contribution in [2.45, 2.75) is 0 Å². The number of rotatable bonds is 6. The van der Waals surface area contributed by atoms with Crippen molar-refractivity contribution in [1.29, 1.82) is 0 Å². The number of aromatic nitrogens is 1. The number of anilines is 2. The molecule has 1 aromatic heterocycles. The number of methoxy groups -OCH3 is 2. The number of hydrogen-bond donors (Lipinski definition) is 2. The zero-order valence-corrected chi connectivity index (χ0v) is 15.2. The van der Waals surface area contributed by atoms with E-state index in [0.717, 1.165) is 0 Å². The van der Waals surface area contributed by atoms with Gasteiger partial charge in [-0.2, -0.15) is 0 Å². The summed E-state index contributed by atoms with van der Waals surface area (Å²) in [6, 6.07) is 13.5. The lowest BCUT2D eigenvalue weighted by Gasteiger charge is -2.11. The SMILES string of the molecule is COc1cc(NC(=O)Nc2ccc(Oc3cccc(F)c3)nc2)cc(OC)c1. The van der Waals surface area contributed by atoms with Crippen molar-refractivity contribution in [3.8, 4) is 23.1 Å². The highest BCUT2D eigenvalue weighted by atomic mass is 19.1. The summed E-state index contributed by atoms with van der Waals surface area (Å²) < 4.78 is 29.0. The minimum atomic E-state index is -0.462. The van der Waals surface area contributed by atoms with Crippen LogP contribution in [0, 0.1) is 5.82 Å². The molecule has 28 heavy (non-hydrogen) atoms. The van der Waals surface area contributed by atoms with Crippen molar-refractivity contribution in [3.63, 3.8) is 0 Å². The van der Waals surface area contributed by atoms with Crippen LogP contribution in [0.5, 0.6) is 23.1 Å². The van der Waals surface area contributed by atoms with Crippen LogP contribution in [0.4, 0.5) is 20.6 Å². The molecule has 8 heteroatoms. The maximum atomic E-state index is 13.2. The van der Waals surface area contributed by atoms with E-state index >= 15 is 0 Å². The van der Waals surface area contributed by atoms with Gasteiger partial charge in [-0.1, -0.05) is 6.07 Å². The largest absolute Gasteiger partial charge is 0.497 e. The Kier molecular flexibility index (Phi) is 5.91. The third kappa shape index (κ3) is 5.10. The highest BCUT2D eigenvalue weighted by Gasteiger charge is 2.07. The van der Waals surface area contributed by atoms with Gasteiger partial charge in [0.2, 0.25) is 5.88 Å². The van der Waals surface area contributed by atoms with Gasteiger partial charge < -0.3 is 24.8 Å². The predicted octanol–water partition coefficient (Wildman–Crippen LogP) is 4.67. The minimum absolute atomic E-state index is 0.272. The molecule has 0 aliphatic rings. The van der Waals surface area contributed by atoms with Crippen molar-refractivity contribution in [3.05, 3.63) is 66.6 Å². The average molecular weight is 383 g/mol. The van der Waals surface area contributed by atoms with E-state index < -0.39 is 11.8 Å². The third-order valence-corrected chi connectivity index (χ3v) is 3.62. The Morgan fingerprint density at radius 2 is 1.61 bits per heavy atom. The van der Waals surface area contributed by atoms with Gasteiger partial charge in [-0.05, 0) is 18.2 Å². The fourth-order valence-electron chi connectivity index (χ4n) is 2.34. The second-order valence-electron chi connectivity index (χ2n) is 5.63. The fourth-order valence-corrected chi connectivity index (χ4v) is 2.34. The van der Waals surface area contributed by atoms with E-state index in [4.69, 9.17) is 14.2 Å². The smallest absolute Gasteiger partial charge is 0.323 e. The maximum Gasteiger partial charge on any atom is 0.323 e. The summed E-state index contributed by atoms with van der Waals surface area (Å²) in [5, 5.41) is 5.35. The van der Waals surface area contributed by atoms with Gasteiger partial charge in [-0.25, -0.2) is 14.2 Å². The number of halogens is 1. The number of hydrogen-bond acceptors (Lipinski definition) is 5. The minimum Gasteiger partial charge on any atom is -0.497 e. The van der Waals surface area contributed by atoms with E-state index in [-0.39, 0.29) is 5.88 Å². The van der Waals surface area contributed by atoms with Crippen molar-refractivity contribution in [2.24, 2.45) is 0 Å². The highest BCUT2D eigenvalue weighted by Crippen LogP contribution is 2.26. The molecule has 0 radical (unpaired) electrons.